The van der Waals surface area contributed by atoms with Crippen LogP contribution in [-0.2, 0) is 0 Å². The smallest absolute Gasteiger partial charge is 0.117 e. The minimum atomic E-state index is 0.952. The van der Waals surface area contributed by atoms with E-state index < -0.39 is 0 Å². The second kappa shape index (κ2) is 7.71. The van der Waals surface area contributed by atoms with E-state index in [9.17, 15) is 0 Å². The Morgan fingerprint density at radius 1 is 1.42 bits per heavy atom. The second-order valence-electron chi connectivity index (χ2n) is 4.67. The van der Waals surface area contributed by atoms with E-state index in [4.69, 9.17) is 0 Å². The Labute approximate surface area is 129 Å². The van der Waals surface area contributed by atoms with Crippen molar-refractivity contribution in [2.75, 3.05) is 31.1 Å². The van der Waals surface area contributed by atoms with Gasteiger partial charge in [0, 0.05) is 26.1 Å². The normalized spacial score (nSPS) is 15.6. The zero-order chi connectivity index (χ0) is 13.5. The van der Waals surface area contributed by atoms with Gasteiger partial charge in [-0.3, -0.25) is 0 Å². The molecule has 1 fully saturated rings. The van der Waals surface area contributed by atoms with E-state index in [1.807, 2.05) is 6.20 Å². The lowest BCUT2D eigenvalue weighted by Crippen LogP contribution is -2.28. The highest BCUT2D eigenvalue weighted by atomic mass is 127. The Kier molecular flexibility index (Phi) is 5.93. The summed E-state index contributed by atoms with van der Waals surface area (Å²) in [4.78, 5) is 6.88. The fourth-order valence-electron chi connectivity index (χ4n) is 2.08. The van der Waals surface area contributed by atoms with Crippen molar-refractivity contribution in [2.45, 2.75) is 26.2 Å². The Balaban J connectivity index is 2.17. The highest BCUT2D eigenvalue weighted by Crippen LogP contribution is 2.19. The Bertz CT molecular complexity index is 468. The Morgan fingerprint density at radius 2 is 2.32 bits per heavy atom. The van der Waals surface area contributed by atoms with Crippen LogP contribution >= 0.6 is 22.6 Å². The van der Waals surface area contributed by atoms with E-state index in [-0.39, 0.29) is 0 Å². The van der Waals surface area contributed by atoms with Crippen LogP contribution < -0.4 is 10.2 Å². The second-order valence-corrected chi connectivity index (χ2v) is 5.70. The molecule has 2 rings (SSSR count). The van der Waals surface area contributed by atoms with E-state index in [0.29, 0.717) is 0 Å². The van der Waals surface area contributed by atoms with Crippen molar-refractivity contribution >= 4 is 28.3 Å². The van der Waals surface area contributed by atoms with Crippen LogP contribution in [0.4, 0.5) is 5.69 Å². The number of halogens is 1. The Hall–Kier alpha value is -0.800. The summed E-state index contributed by atoms with van der Waals surface area (Å²) in [5.41, 5.74) is 2.26. The van der Waals surface area contributed by atoms with E-state index in [1.54, 1.807) is 0 Å². The van der Waals surface area contributed by atoms with Crippen molar-refractivity contribution in [2.24, 2.45) is 0 Å². The van der Waals surface area contributed by atoms with Gasteiger partial charge in [0.15, 0.2) is 0 Å². The molecule has 0 saturated carbocycles. The molecule has 0 spiro atoms. The molecule has 2 heterocycles. The van der Waals surface area contributed by atoms with Crippen LogP contribution in [0, 0.1) is 15.5 Å². The molecule has 1 aliphatic heterocycles. The third kappa shape index (κ3) is 4.36. The maximum atomic E-state index is 4.49. The van der Waals surface area contributed by atoms with Crippen molar-refractivity contribution in [1.82, 2.24) is 10.3 Å². The molecule has 1 aliphatic rings. The van der Waals surface area contributed by atoms with Gasteiger partial charge in [0.1, 0.15) is 3.70 Å². The van der Waals surface area contributed by atoms with Crippen LogP contribution in [0.1, 0.15) is 31.7 Å². The molecule has 19 heavy (non-hydrogen) atoms. The third-order valence-corrected chi connectivity index (χ3v) is 3.99. The summed E-state index contributed by atoms with van der Waals surface area (Å²) in [6.45, 7) is 6.44. The summed E-state index contributed by atoms with van der Waals surface area (Å²) in [6, 6.07) is 2.18. The molecule has 4 heteroatoms. The van der Waals surface area contributed by atoms with Crippen molar-refractivity contribution in [1.29, 1.82) is 0 Å². The van der Waals surface area contributed by atoms with Gasteiger partial charge in [-0.2, -0.15) is 0 Å². The summed E-state index contributed by atoms with van der Waals surface area (Å²) >= 11 is 2.26. The fourth-order valence-corrected chi connectivity index (χ4v) is 2.51. The zero-order valence-electron chi connectivity index (χ0n) is 11.4. The number of aromatic nitrogens is 1. The number of hydrogen-bond acceptors (Lipinski definition) is 3. The molecular formula is C15H20IN3. The largest absolute Gasteiger partial charge is 0.369 e. The van der Waals surface area contributed by atoms with Gasteiger partial charge in [0.25, 0.3) is 0 Å². The highest BCUT2D eigenvalue weighted by Gasteiger charge is 2.11. The monoisotopic (exact) mass is 369 g/mol. The molecule has 1 saturated heterocycles. The van der Waals surface area contributed by atoms with Crippen molar-refractivity contribution in [3.8, 4) is 11.8 Å². The molecular weight excluding hydrogens is 349 g/mol. The standard InChI is InChI=1S/C15H20IN3/c1-2-3-4-6-13-11-14(12-18-15(13)16)19-9-5-7-17-8-10-19/h11-12,17H,2-3,5,7-10H2,1H3. The number of hydrogen-bond donors (Lipinski definition) is 1. The fraction of sp³-hybridized carbons (Fsp3) is 0.533. The maximum Gasteiger partial charge on any atom is 0.117 e. The number of rotatable bonds is 2. The summed E-state index contributed by atoms with van der Waals surface area (Å²) < 4.78 is 0.998. The van der Waals surface area contributed by atoms with Gasteiger partial charge in [0.05, 0.1) is 17.4 Å². The topological polar surface area (TPSA) is 28.2 Å². The van der Waals surface area contributed by atoms with E-state index in [2.05, 4.69) is 62.6 Å². The molecule has 0 aliphatic carbocycles. The number of anilines is 1. The van der Waals surface area contributed by atoms with Gasteiger partial charge in [-0.1, -0.05) is 18.8 Å². The first kappa shape index (κ1) is 14.6. The number of unbranched alkanes of at least 4 members (excludes halogenated alkanes) is 1. The predicted molar refractivity (Wildman–Crippen MR) is 88.4 cm³/mol. The van der Waals surface area contributed by atoms with Crippen LogP contribution in [0.15, 0.2) is 12.3 Å². The first-order chi connectivity index (χ1) is 9.31. The summed E-state index contributed by atoms with van der Waals surface area (Å²) in [6.07, 6.45) is 5.21. The lowest BCUT2D eigenvalue weighted by atomic mass is 10.2. The van der Waals surface area contributed by atoms with Crippen LogP contribution in [-0.4, -0.2) is 31.2 Å². The molecule has 0 radical (unpaired) electrons. The molecule has 0 unspecified atom stereocenters. The number of nitrogens with one attached hydrogen (secondary N) is 1. The molecule has 0 aromatic carbocycles. The highest BCUT2D eigenvalue weighted by molar-refractivity contribution is 14.1. The Morgan fingerprint density at radius 3 is 3.16 bits per heavy atom. The van der Waals surface area contributed by atoms with Crippen molar-refractivity contribution in [3.05, 3.63) is 21.5 Å². The minimum Gasteiger partial charge on any atom is -0.369 e. The molecule has 102 valence electrons. The lowest BCUT2D eigenvalue weighted by molar-refractivity contribution is 0.724. The van der Waals surface area contributed by atoms with Crippen LogP contribution in [0.5, 0.6) is 0 Å². The maximum absolute atomic E-state index is 4.49. The average Bonchev–Trinajstić information content (AvgIpc) is 2.70. The molecule has 1 aromatic rings. The number of pyridine rings is 1. The SMILES string of the molecule is CCCC#Cc1cc(N2CCCNCC2)cnc1I. The molecule has 3 nitrogen and oxygen atoms in total. The number of nitrogens with zero attached hydrogens (tertiary/aromatic N) is 2. The lowest BCUT2D eigenvalue weighted by Gasteiger charge is -2.22. The van der Waals surface area contributed by atoms with Crippen molar-refractivity contribution in [3.63, 3.8) is 0 Å². The third-order valence-electron chi connectivity index (χ3n) is 3.13. The minimum absolute atomic E-state index is 0.952. The molecule has 0 amide bonds. The molecule has 1 aromatic heterocycles. The van der Waals surface area contributed by atoms with E-state index in [0.717, 1.165) is 48.3 Å². The van der Waals surface area contributed by atoms with Crippen LogP contribution in [0.2, 0.25) is 0 Å². The van der Waals surface area contributed by atoms with Gasteiger partial charge >= 0.3 is 0 Å². The van der Waals surface area contributed by atoms with Crippen LogP contribution in [0.25, 0.3) is 0 Å². The van der Waals surface area contributed by atoms with E-state index >= 15 is 0 Å². The van der Waals surface area contributed by atoms with Crippen molar-refractivity contribution < 1.29 is 0 Å². The predicted octanol–water partition coefficient (Wildman–Crippen LogP) is 2.64. The van der Waals surface area contributed by atoms with Gasteiger partial charge in [-0.15, -0.1) is 0 Å². The first-order valence-electron chi connectivity index (χ1n) is 6.91. The molecule has 0 bridgehead atoms. The van der Waals surface area contributed by atoms with Gasteiger partial charge in [-0.25, -0.2) is 4.98 Å². The van der Waals surface area contributed by atoms with E-state index in [1.165, 1.54) is 12.1 Å². The molecule has 0 atom stereocenters. The average molecular weight is 369 g/mol. The zero-order valence-corrected chi connectivity index (χ0v) is 13.5. The first-order valence-corrected chi connectivity index (χ1v) is 7.99. The van der Waals surface area contributed by atoms with Gasteiger partial charge in [-0.05, 0) is 48.0 Å². The summed E-state index contributed by atoms with van der Waals surface area (Å²) in [7, 11) is 0. The quantitative estimate of drug-likeness (QED) is 0.494. The van der Waals surface area contributed by atoms with Crippen LogP contribution in [0.3, 0.4) is 0 Å². The van der Waals surface area contributed by atoms with Gasteiger partial charge < -0.3 is 10.2 Å². The van der Waals surface area contributed by atoms with Gasteiger partial charge in [0.2, 0.25) is 0 Å². The summed E-state index contributed by atoms with van der Waals surface area (Å²) in [5, 5.41) is 3.42. The summed E-state index contributed by atoms with van der Waals surface area (Å²) in [5.74, 6) is 6.46. The molecule has 1 N–H and O–H groups in total.